The van der Waals surface area contributed by atoms with E-state index >= 15 is 0 Å². The van der Waals surface area contributed by atoms with Crippen molar-refractivity contribution < 1.29 is 60.9 Å². The van der Waals surface area contributed by atoms with Crippen LogP contribution in [0.5, 0.6) is 5.75 Å². The number of hydrogen-bond donors (Lipinski definition) is 7. The molecular formula is C23H32Br2F6N6O7. The zero-order valence-corrected chi connectivity index (χ0v) is 26.0. The summed E-state index contributed by atoms with van der Waals surface area (Å²) in [7, 11) is 0. The number of halogens is 8. The molecule has 0 heterocycles. The van der Waals surface area contributed by atoms with E-state index in [2.05, 4.69) is 47.3 Å². The van der Waals surface area contributed by atoms with Crippen LogP contribution in [0.4, 0.5) is 26.3 Å². The highest BCUT2D eigenvalue weighted by Gasteiger charge is 2.38. The smallest absolute Gasteiger partial charge is 0.490 e. The lowest BCUT2D eigenvalue weighted by Gasteiger charge is -2.12. The Hall–Kier alpha value is -3.33. The lowest BCUT2D eigenvalue weighted by molar-refractivity contribution is -0.193. The molecule has 0 aromatic heterocycles. The Morgan fingerprint density at radius 2 is 1.36 bits per heavy atom. The Balaban J connectivity index is 0. The molecule has 44 heavy (non-hydrogen) atoms. The number of ether oxygens (including phenoxy) is 1. The van der Waals surface area contributed by atoms with Gasteiger partial charge in [-0.05, 0) is 75.4 Å². The molecule has 21 heteroatoms. The Labute approximate surface area is 264 Å². The van der Waals surface area contributed by atoms with Gasteiger partial charge in [0.05, 0.1) is 15.6 Å². The number of hydrogen-bond acceptors (Lipinski definition) is 8. The fourth-order valence-electron chi connectivity index (χ4n) is 2.57. The first-order valence-corrected chi connectivity index (χ1v) is 13.8. The minimum absolute atomic E-state index is 0.0401. The number of nitrogens with zero attached hydrogens (tertiary/aromatic N) is 2. The minimum atomic E-state index is -5.08. The number of oxime groups is 1. The zero-order valence-electron chi connectivity index (χ0n) is 22.9. The van der Waals surface area contributed by atoms with Gasteiger partial charge in [0, 0.05) is 19.5 Å². The molecule has 10 N–H and O–H groups in total. The molecular weight excluding hydrogens is 746 g/mol. The van der Waals surface area contributed by atoms with Crippen LogP contribution in [0.15, 0.2) is 31.2 Å². The maximum Gasteiger partial charge on any atom is 0.490 e. The van der Waals surface area contributed by atoms with Gasteiger partial charge in [0.15, 0.2) is 5.96 Å². The van der Waals surface area contributed by atoms with Crippen LogP contribution in [0.3, 0.4) is 0 Å². The second-order valence-corrected chi connectivity index (χ2v) is 9.89. The Bertz CT molecular complexity index is 1070. The van der Waals surface area contributed by atoms with Crippen LogP contribution in [-0.4, -0.2) is 83.5 Å². The quantitative estimate of drug-likeness (QED) is 0.0362. The molecule has 0 aliphatic heterocycles. The molecule has 0 fully saturated rings. The summed E-state index contributed by atoms with van der Waals surface area (Å²) in [5.41, 5.74) is 16.8. The van der Waals surface area contributed by atoms with E-state index in [9.17, 15) is 36.3 Å². The molecule has 0 aliphatic rings. The first kappa shape index (κ1) is 42.8. The van der Waals surface area contributed by atoms with Gasteiger partial charge in [-0.2, -0.15) is 26.3 Å². The molecule has 1 amide bonds. The number of aliphatic imine (C=N–C) groups is 1. The summed E-state index contributed by atoms with van der Waals surface area (Å²) in [6.45, 7) is 2.17. The summed E-state index contributed by atoms with van der Waals surface area (Å²) < 4.78 is 70.7. The van der Waals surface area contributed by atoms with Crippen LogP contribution >= 0.6 is 31.9 Å². The van der Waals surface area contributed by atoms with Gasteiger partial charge in [-0.15, -0.1) is 0 Å². The number of carbonyl (C=O) groups is 3. The number of carboxylic acid groups (broad SMARTS) is 2. The highest BCUT2D eigenvalue weighted by molar-refractivity contribution is 9.11. The highest BCUT2D eigenvalue weighted by Crippen LogP contribution is 2.35. The van der Waals surface area contributed by atoms with E-state index in [1.807, 2.05) is 12.1 Å². The summed E-state index contributed by atoms with van der Waals surface area (Å²) in [6, 6.07) is 3.66. The summed E-state index contributed by atoms with van der Waals surface area (Å²) in [5.74, 6) is -5.14. The number of carbonyl (C=O) groups excluding carboxylic acids is 1. The third-order valence-electron chi connectivity index (χ3n) is 4.56. The summed E-state index contributed by atoms with van der Waals surface area (Å²) in [4.78, 5) is 34.0. The predicted octanol–water partition coefficient (Wildman–Crippen LogP) is 3.53. The van der Waals surface area contributed by atoms with Gasteiger partial charge in [0.1, 0.15) is 11.5 Å². The van der Waals surface area contributed by atoms with Crippen molar-refractivity contribution >= 4 is 61.4 Å². The van der Waals surface area contributed by atoms with Crippen LogP contribution in [0, 0.1) is 0 Å². The number of nitrogens with one attached hydrogen (secondary N) is 1. The third kappa shape index (κ3) is 21.4. The van der Waals surface area contributed by atoms with E-state index in [-0.39, 0.29) is 18.1 Å². The zero-order chi connectivity index (χ0) is 34.5. The number of rotatable bonds is 14. The van der Waals surface area contributed by atoms with E-state index in [4.69, 9.17) is 41.7 Å². The number of unbranched alkanes of at least 4 members (excludes halogenated alkanes) is 3. The predicted molar refractivity (Wildman–Crippen MR) is 153 cm³/mol. The Morgan fingerprint density at radius 1 is 0.886 bits per heavy atom. The molecule has 1 aromatic rings. The average molecular weight is 778 g/mol. The van der Waals surface area contributed by atoms with Crippen LogP contribution in [-0.2, 0) is 20.8 Å². The maximum atomic E-state index is 12.3. The van der Waals surface area contributed by atoms with Gasteiger partial charge < -0.3 is 42.7 Å². The maximum absolute atomic E-state index is 12.3. The van der Waals surface area contributed by atoms with Crippen molar-refractivity contribution in [2.45, 2.75) is 50.9 Å². The van der Waals surface area contributed by atoms with Crippen LogP contribution in [0.25, 0.3) is 0 Å². The van der Waals surface area contributed by atoms with Crippen LogP contribution in [0.1, 0.15) is 37.7 Å². The van der Waals surface area contributed by atoms with E-state index in [0.717, 1.165) is 46.6 Å². The second kappa shape index (κ2) is 22.2. The highest BCUT2D eigenvalue weighted by atomic mass is 79.9. The monoisotopic (exact) mass is 776 g/mol. The second-order valence-electron chi connectivity index (χ2n) is 8.19. The summed E-state index contributed by atoms with van der Waals surface area (Å²) in [5, 5.41) is 29.5. The van der Waals surface area contributed by atoms with E-state index in [1.165, 1.54) is 0 Å². The molecule has 252 valence electrons. The van der Waals surface area contributed by atoms with Crippen molar-refractivity contribution in [1.29, 1.82) is 0 Å². The molecule has 0 saturated heterocycles. The first-order valence-electron chi connectivity index (χ1n) is 12.2. The molecule has 0 unspecified atom stereocenters. The van der Waals surface area contributed by atoms with E-state index in [0.29, 0.717) is 32.0 Å². The average Bonchev–Trinajstić information content (AvgIpc) is 2.89. The fraction of sp³-hybridized carbons (Fsp3) is 0.522. The topological polar surface area (TPSA) is 236 Å². The number of benzene rings is 1. The molecule has 0 saturated carbocycles. The van der Waals surface area contributed by atoms with Gasteiger partial charge >= 0.3 is 24.3 Å². The number of guanidine groups is 1. The molecule has 1 aromatic carbocycles. The number of alkyl halides is 6. The number of nitrogens with two attached hydrogens (primary N) is 3. The molecule has 0 radical (unpaired) electrons. The summed E-state index contributed by atoms with van der Waals surface area (Å²) in [6.07, 6.45) is -5.62. The van der Waals surface area contributed by atoms with Crippen molar-refractivity contribution in [3.63, 3.8) is 0 Å². The van der Waals surface area contributed by atoms with Crippen molar-refractivity contribution in [2.24, 2.45) is 27.3 Å². The van der Waals surface area contributed by atoms with E-state index in [1.54, 1.807) is 0 Å². The van der Waals surface area contributed by atoms with Crippen molar-refractivity contribution in [3.05, 3.63) is 26.6 Å². The van der Waals surface area contributed by atoms with Gasteiger partial charge in [0.2, 0.25) is 0 Å². The Morgan fingerprint density at radius 3 is 1.77 bits per heavy atom. The van der Waals surface area contributed by atoms with Crippen molar-refractivity contribution in [3.8, 4) is 5.75 Å². The normalized spacial score (nSPS) is 11.2. The molecule has 0 bridgehead atoms. The van der Waals surface area contributed by atoms with Gasteiger partial charge in [-0.3, -0.25) is 9.79 Å². The van der Waals surface area contributed by atoms with Crippen molar-refractivity contribution in [1.82, 2.24) is 5.32 Å². The number of carboxylic acids is 2. The van der Waals surface area contributed by atoms with Crippen LogP contribution < -0.4 is 27.3 Å². The SMILES string of the molecule is NCCCOc1c(Br)cc(C/C(=N/O)C(=O)NCCCCCCN=C(N)N)cc1Br.O=C(O)C(F)(F)F.O=C(O)C(F)(F)F. The first-order chi connectivity index (χ1) is 20.3. The molecule has 0 atom stereocenters. The van der Waals surface area contributed by atoms with Gasteiger partial charge in [-0.25, -0.2) is 9.59 Å². The Kier molecular flexibility index (Phi) is 21.6. The third-order valence-corrected chi connectivity index (χ3v) is 5.74. The number of aliphatic carboxylic acids is 2. The lowest BCUT2D eigenvalue weighted by atomic mass is 10.1. The lowest BCUT2D eigenvalue weighted by Crippen LogP contribution is -2.33. The number of amides is 1. The fourth-order valence-corrected chi connectivity index (χ4v) is 4.08. The van der Waals surface area contributed by atoms with Crippen molar-refractivity contribution in [2.75, 3.05) is 26.2 Å². The molecule has 13 nitrogen and oxygen atoms in total. The van der Waals surface area contributed by atoms with Gasteiger partial charge in [-0.1, -0.05) is 18.0 Å². The van der Waals surface area contributed by atoms with E-state index < -0.39 is 30.2 Å². The molecule has 0 aliphatic carbocycles. The largest absolute Gasteiger partial charge is 0.491 e. The van der Waals surface area contributed by atoms with Crippen LogP contribution in [0.2, 0.25) is 0 Å². The molecule has 0 spiro atoms. The standard InChI is InChI=1S/C19H30Br2N6O3.2C2HF3O2/c20-14-10-13(11-15(21)17(14)30-9-5-6-22)12-16(27-29)18(28)25-7-3-1-2-4-8-26-19(23)24;2*3-2(4,5)1(6)7/h10-11,29H,1-9,12,22H2,(H,25,28)(H4,23,24,26);2*(H,6,7)/b27-16-;;. The van der Waals surface area contributed by atoms with Gasteiger partial charge in [0.25, 0.3) is 5.91 Å². The molecule has 1 rings (SSSR count). The minimum Gasteiger partial charge on any atom is -0.491 e. The summed E-state index contributed by atoms with van der Waals surface area (Å²) >= 11 is 6.95.